The summed E-state index contributed by atoms with van der Waals surface area (Å²) in [5, 5.41) is 46.2. The monoisotopic (exact) mass is 1030 g/mol. The maximum atomic E-state index is 14.3. The van der Waals surface area contributed by atoms with Crippen LogP contribution in [0.5, 0.6) is 0 Å². The van der Waals surface area contributed by atoms with Crippen molar-refractivity contribution in [2.45, 2.75) is 166 Å². The fourth-order valence-electron chi connectivity index (χ4n) is 7.40. The number of carbonyl (C=O) groups is 10. The average molecular weight is 1030 g/mol. The maximum Gasteiger partial charge on any atom is 0.245 e. The molecule has 0 aromatic rings. The molecule has 12 atom stereocenters. The molecule has 0 unspecified atom stereocenters. The van der Waals surface area contributed by atoms with Crippen molar-refractivity contribution < 1.29 is 58.2 Å². The number of rotatable bonds is 22. The third kappa shape index (κ3) is 22.4. The lowest BCUT2D eigenvalue weighted by Gasteiger charge is -2.29. The SMILES string of the molecule is CC(C)C[C@@H]1NC(=O)[C@@H](CC(C)C)NC(=O)[C@H](CCN)NC(=O)[C@@H](NC(=O)[C@H](CCN)NC(=O)[C@@H](NC(=O)[C@@H](N)CCN)[C@H](C)O)CCNC(=O)[C@H]([C@@H](C)O)NC(=O)[C@H](CCN)NC(=O)[C@H](CCN)NC1=O. The van der Waals surface area contributed by atoms with Crippen molar-refractivity contribution in [2.75, 3.05) is 39.3 Å². The Balaban J connectivity index is 3.90. The summed E-state index contributed by atoms with van der Waals surface area (Å²) >= 11 is 0. The van der Waals surface area contributed by atoms with E-state index in [-0.39, 0.29) is 89.5 Å². The molecule has 72 heavy (non-hydrogen) atoms. The molecule has 1 fully saturated rings. The van der Waals surface area contributed by atoms with Gasteiger partial charge in [0, 0.05) is 6.54 Å². The van der Waals surface area contributed by atoms with Gasteiger partial charge in [-0.2, -0.15) is 0 Å². The highest BCUT2D eigenvalue weighted by Crippen LogP contribution is 2.12. The standard InChI is InChI=1S/C44H84N16O12/c1-21(2)19-31-41(69)54-26(8-14-46)36(64)53-29(11-17-49)40(68)60-33(23(5)61)43(71)51-18-12-30(39(67)52-27(9-15-47)38(66)57-32(20-22(3)4)42(70)58-31)55-37(65)28(10-16-48)56-44(72)34(24(6)62)59-35(63)25(50)7-13-45/h21-34,61-62H,7-20,45-50H2,1-6H3,(H,51,71)(H,52,67)(H,53,64)(H,54,69)(H,55,65)(H,56,72)(H,57,66)(H,58,70)(H,59,63)(H,60,68)/t23-,24+,25+,26+,27+,28+,29+,30+,31+,32-,33+,34+/m1/s1. The van der Waals surface area contributed by atoms with Gasteiger partial charge < -0.3 is 97.8 Å². The van der Waals surface area contributed by atoms with Crippen molar-refractivity contribution in [3.63, 3.8) is 0 Å². The van der Waals surface area contributed by atoms with Gasteiger partial charge >= 0.3 is 0 Å². The van der Waals surface area contributed by atoms with Crippen LogP contribution in [0.3, 0.4) is 0 Å². The first-order valence-electron chi connectivity index (χ1n) is 24.5. The first-order valence-corrected chi connectivity index (χ1v) is 24.5. The van der Waals surface area contributed by atoms with Crippen molar-refractivity contribution >= 4 is 59.1 Å². The molecule has 1 aliphatic rings. The second-order valence-electron chi connectivity index (χ2n) is 18.7. The fourth-order valence-corrected chi connectivity index (χ4v) is 7.40. The Hall–Kier alpha value is -5.62. The smallest absolute Gasteiger partial charge is 0.245 e. The molecule has 0 aromatic heterocycles. The molecule has 0 spiro atoms. The highest BCUT2D eigenvalue weighted by Gasteiger charge is 2.37. The molecule has 1 rings (SSSR count). The number of hydrogen-bond acceptors (Lipinski definition) is 18. The van der Waals surface area contributed by atoms with Crippen LogP contribution < -0.4 is 87.6 Å². The molecule has 28 heteroatoms. The summed E-state index contributed by atoms with van der Waals surface area (Å²) in [5.74, 6) is -9.40. The van der Waals surface area contributed by atoms with Crippen molar-refractivity contribution in [1.29, 1.82) is 0 Å². The second-order valence-corrected chi connectivity index (χ2v) is 18.7. The third-order valence-electron chi connectivity index (χ3n) is 11.3. The predicted octanol–water partition coefficient (Wildman–Crippen LogP) is -8.21. The van der Waals surface area contributed by atoms with Crippen LogP contribution in [0.2, 0.25) is 0 Å². The van der Waals surface area contributed by atoms with E-state index in [1.165, 1.54) is 13.8 Å². The zero-order valence-electron chi connectivity index (χ0n) is 42.4. The van der Waals surface area contributed by atoms with E-state index in [0.717, 1.165) is 0 Å². The van der Waals surface area contributed by atoms with Gasteiger partial charge in [0.25, 0.3) is 0 Å². The Kier molecular flexibility index (Phi) is 29.7. The molecule has 1 saturated heterocycles. The Morgan fingerprint density at radius 3 is 1.36 bits per heavy atom. The van der Waals surface area contributed by atoms with Gasteiger partial charge in [-0.05, 0) is 110 Å². The van der Waals surface area contributed by atoms with Crippen molar-refractivity contribution in [1.82, 2.24) is 53.2 Å². The van der Waals surface area contributed by atoms with Crippen LogP contribution in [0.1, 0.15) is 92.9 Å². The van der Waals surface area contributed by atoms with Gasteiger partial charge in [-0.25, -0.2) is 0 Å². The lowest BCUT2D eigenvalue weighted by molar-refractivity contribution is -0.136. The Morgan fingerprint density at radius 1 is 0.542 bits per heavy atom. The van der Waals surface area contributed by atoms with Gasteiger partial charge in [0.15, 0.2) is 0 Å². The Labute approximate surface area is 420 Å². The summed E-state index contributed by atoms with van der Waals surface area (Å²) in [6.45, 7) is 8.59. The summed E-state index contributed by atoms with van der Waals surface area (Å²) in [6.07, 6.45) is -3.96. The minimum absolute atomic E-state index is 0.0514. The molecular weight excluding hydrogens is 945 g/mol. The predicted molar refractivity (Wildman–Crippen MR) is 264 cm³/mol. The average Bonchev–Trinajstić information content (AvgIpc) is 3.29. The van der Waals surface area contributed by atoms with Crippen molar-refractivity contribution in [2.24, 2.45) is 46.2 Å². The van der Waals surface area contributed by atoms with E-state index in [1.807, 2.05) is 0 Å². The Morgan fingerprint density at radius 2 is 0.958 bits per heavy atom. The summed E-state index contributed by atoms with van der Waals surface area (Å²) in [4.78, 5) is 137. The first kappa shape index (κ1) is 64.4. The molecule has 0 radical (unpaired) electrons. The van der Waals surface area contributed by atoms with Gasteiger partial charge in [-0.1, -0.05) is 27.7 Å². The zero-order chi connectivity index (χ0) is 54.8. The van der Waals surface area contributed by atoms with Gasteiger partial charge in [-0.3, -0.25) is 47.9 Å². The highest BCUT2D eigenvalue weighted by molar-refractivity contribution is 5.99. The molecule has 28 nitrogen and oxygen atoms in total. The largest absolute Gasteiger partial charge is 0.391 e. The van der Waals surface area contributed by atoms with E-state index in [2.05, 4.69) is 53.2 Å². The highest BCUT2D eigenvalue weighted by atomic mass is 16.3. The van der Waals surface area contributed by atoms with Crippen LogP contribution in [0.25, 0.3) is 0 Å². The second kappa shape index (κ2) is 33.2. The van der Waals surface area contributed by atoms with Crippen LogP contribution in [-0.4, -0.2) is 181 Å². The normalized spacial score (nSPS) is 24.7. The number of carbonyl (C=O) groups excluding carboxylic acids is 10. The summed E-state index contributed by atoms with van der Waals surface area (Å²) in [7, 11) is 0. The first-order chi connectivity index (χ1) is 33.8. The molecule has 1 aliphatic heterocycles. The van der Waals surface area contributed by atoms with Gasteiger partial charge in [0.05, 0.1) is 18.2 Å². The fraction of sp³-hybridized carbons (Fsp3) is 0.773. The number of aliphatic hydroxyl groups is 2. The summed E-state index contributed by atoms with van der Waals surface area (Å²) in [6, 6.07) is -14.2. The summed E-state index contributed by atoms with van der Waals surface area (Å²) < 4.78 is 0. The molecular formula is C44H84N16O12. The van der Waals surface area contributed by atoms with Crippen LogP contribution >= 0.6 is 0 Å². The van der Waals surface area contributed by atoms with Crippen LogP contribution in [0.4, 0.5) is 0 Å². The van der Waals surface area contributed by atoms with Gasteiger partial charge in [-0.15, -0.1) is 0 Å². The molecule has 10 amide bonds. The van der Waals surface area contributed by atoms with Gasteiger partial charge in [0.2, 0.25) is 59.1 Å². The number of hydrogen-bond donors (Lipinski definition) is 18. The molecule has 0 aromatic carbocycles. The minimum atomic E-state index is -1.66. The van der Waals surface area contributed by atoms with Crippen LogP contribution in [0.15, 0.2) is 0 Å². The molecule has 0 bridgehead atoms. The topological polar surface area (TPSA) is 488 Å². The van der Waals surface area contributed by atoms with E-state index in [4.69, 9.17) is 34.4 Å². The van der Waals surface area contributed by atoms with Crippen molar-refractivity contribution in [3.05, 3.63) is 0 Å². The van der Waals surface area contributed by atoms with E-state index in [0.29, 0.717) is 0 Å². The molecule has 0 aliphatic carbocycles. The van der Waals surface area contributed by atoms with Crippen LogP contribution in [-0.2, 0) is 47.9 Å². The molecule has 0 saturated carbocycles. The number of nitrogens with two attached hydrogens (primary N) is 6. The summed E-state index contributed by atoms with van der Waals surface area (Å²) in [5.41, 5.74) is 34.6. The number of amides is 10. The van der Waals surface area contributed by atoms with Crippen molar-refractivity contribution in [3.8, 4) is 0 Å². The quantitative estimate of drug-likeness (QED) is 0.0479. The minimum Gasteiger partial charge on any atom is -0.391 e. The van der Waals surface area contributed by atoms with E-state index in [1.54, 1.807) is 27.7 Å². The number of aliphatic hydroxyl groups excluding tert-OH is 2. The molecule has 1 heterocycles. The van der Waals surface area contributed by atoms with Crippen LogP contribution in [0, 0.1) is 11.8 Å². The van der Waals surface area contributed by atoms with E-state index < -0.39 is 145 Å². The lowest BCUT2D eigenvalue weighted by atomic mass is 9.99. The third-order valence-corrected chi connectivity index (χ3v) is 11.3. The maximum absolute atomic E-state index is 14.3. The van der Waals surface area contributed by atoms with Gasteiger partial charge in [0.1, 0.15) is 54.4 Å². The molecule has 412 valence electrons. The molecule has 24 N–H and O–H groups in total. The zero-order valence-corrected chi connectivity index (χ0v) is 42.4. The number of nitrogens with one attached hydrogen (secondary N) is 10. The Bertz CT molecular complexity index is 1810. The van der Waals surface area contributed by atoms with E-state index in [9.17, 15) is 58.2 Å². The lowest BCUT2D eigenvalue weighted by Crippen LogP contribution is -2.61. The van der Waals surface area contributed by atoms with E-state index >= 15 is 0 Å².